The summed E-state index contributed by atoms with van der Waals surface area (Å²) < 4.78 is 22.8. The molecule has 5 heteroatoms. The molecular formula is C20H18N2O2S. The van der Waals surface area contributed by atoms with Gasteiger partial charge in [0.15, 0.2) is 10.7 Å². The molecule has 0 atom stereocenters. The molecule has 4 aromatic rings. The third-order valence-corrected chi connectivity index (χ3v) is 5.45. The Morgan fingerprint density at radius 2 is 1.84 bits per heavy atom. The molecular weight excluding hydrogens is 332 g/mol. The van der Waals surface area contributed by atoms with Crippen LogP contribution in [-0.2, 0) is 10.7 Å². The first-order valence-electron chi connectivity index (χ1n) is 8.09. The van der Waals surface area contributed by atoms with Crippen molar-refractivity contribution in [3.8, 4) is 11.1 Å². The van der Waals surface area contributed by atoms with Crippen molar-refractivity contribution in [3.05, 3.63) is 59.3 Å². The van der Waals surface area contributed by atoms with Crippen LogP contribution in [0.4, 0.5) is 0 Å². The normalized spacial score (nSPS) is 11.7. The van der Waals surface area contributed by atoms with Crippen LogP contribution in [-0.4, -0.2) is 18.4 Å². The maximum absolute atomic E-state index is 11.4. The molecule has 0 spiro atoms. The molecule has 126 valence electrons. The Balaban J connectivity index is 2.16. The van der Waals surface area contributed by atoms with Gasteiger partial charge in [-0.05, 0) is 66.8 Å². The molecule has 0 bridgehead atoms. The van der Waals surface area contributed by atoms with Gasteiger partial charge in [-0.15, -0.1) is 0 Å². The van der Waals surface area contributed by atoms with E-state index in [-0.39, 0.29) is 0 Å². The van der Waals surface area contributed by atoms with Gasteiger partial charge in [-0.25, -0.2) is 13.4 Å². The van der Waals surface area contributed by atoms with E-state index < -0.39 is 10.7 Å². The number of aryl methyl sites for hydroxylation is 3. The summed E-state index contributed by atoms with van der Waals surface area (Å²) in [7, 11) is -2.61. The summed E-state index contributed by atoms with van der Waals surface area (Å²) in [6.45, 7) is 6.18. The number of aromatic nitrogens is 2. The molecule has 2 aromatic carbocycles. The Bertz CT molecular complexity index is 1210. The molecule has 2 aromatic heterocycles. The van der Waals surface area contributed by atoms with E-state index >= 15 is 0 Å². The zero-order valence-electron chi connectivity index (χ0n) is 14.3. The highest BCUT2D eigenvalue weighted by molar-refractivity contribution is 7.72. The van der Waals surface area contributed by atoms with Crippen LogP contribution in [0.1, 0.15) is 16.7 Å². The van der Waals surface area contributed by atoms with E-state index in [1.807, 2.05) is 19.2 Å². The van der Waals surface area contributed by atoms with Crippen molar-refractivity contribution in [2.75, 3.05) is 0 Å². The van der Waals surface area contributed by atoms with Gasteiger partial charge in [-0.3, -0.25) is 0 Å². The van der Waals surface area contributed by atoms with Crippen molar-refractivity contribution in [1.29, 1.82) is 0 Å². The number of aromatic amines is 1. The Kier molecular flexibility index (Phi) is 3.62. The zero-order chi connectivity index (χ0) is 17.7. The Morgan fingerprint density at radius 1 is 1.04 bits per heavy atom. The maximum atomic E-state index is 11.4. The van der Waals surface area contributed by atoms with Crippen LogP contribution in [0.15, 0.2) is 47.5 Å². The van der Waals surface area contributed by atoms with Crippen molar-refractivity contribution in [1.82, 2.24) is 9.97 Å². The fourth-order valence-electron chi connectivity index (χ4n) is 3.34. The van der Waals surface area contributed by atoms with Crippen molar-refractivity contribution >= 4 is 32.6 Å². The lowest BCUT2D eigenvalue weighted by Gasteiger charge is -2.10. The summed E-state index contributed by atoms with van der Waals surface area (Å²) in [6.07, 6.45) is 1.85. The average Bonchev–Trinajstić information content (AvgIpc) is 2.97. The van der Waals surface area contributed by atoms with Crippen molar-refractivity contribution in [2.45, 2.75) is 25.7 Å². The molecule has 0 saturated heterocycles. The lowest BCUT2D eigenvalue weighted by molar-refractivity contribution is 0.614. The van der Waals surface area contributed by atoms with Gasteiger partial charge in [0.25, 0.3) is 0 Å². The van der Waals surface area contributed by atoms with Gasteiger partial charge in [0, 0.05) is 17.0 Å². The minimum absolute atomic E-state index is 0.327. The van der Waals surface area contributed by atoms with E-state index in [4.69, 9.17) is 0 Å². The van der Waals surface area contributed by atoms with Crippen LogP contribution in [0, 0.1) is 20.8 Å². The van der Waals surface area contributed by atoms with Gasteiger partial charge in [-0.1, -0.05) is 18.2 Å². The Morgan fingerprint density at radius 3 is 2.60 bits per heavy atom. The number of pyridine rings is 1. The molecule has 0 saturated carbocycles. The fraction of sp³-hybridized carbons (Fsp3) is 0.150. The van der Waals surface area contributed by atoms with E-state index in [2.05, 4.69) is 35.9 Å². The fourth-order valence-corrected chi connectivity index (χ4v) is 3.80. The molecule has 2 heterocycles. The second kappa shape index (κ2) is 5.70. The zero-order valence-corrected chi connectivity index (χ0v) is 15.1. The van der Waals surface area contributed by atoms with E-state index in [9.17, 15) is 8.42 Å². The van der Waals surface area contributed by atoms with Gasteiger partial charge in [-0.2, -0.15) is 0 Å². The molecule has 0 radical (unpaired) electrons. The number of thiol groups is 1. The first kappa shape index (κ1) is 15.8. The van der Waals surface area contributed by atoms with Gasteiger partial charge in [0.1, 0.15) is 5.65 Å². The van der Waals surface area contributed by atoms with Gasteiger partial charge >= 0.3 is 0 Å². The molecule has 25 heavy (non-hydrogen) atoms. The highest BCUT2D eigenvalue weighted by Crippen LogP contribution is 2.37. The topological polar surface area (TPSA) is 62.8 Å². The summed E-state index contributed by atoms with van der Waals surface area (Å²) >= 11 is 0. The number of benzene rings is 2. The van der Waals surface area contributed by atoms with Crippen LogP contribution in [0.2, 0.25) is 0 Å². The minimum atomic E-state index is -2.61. The monoisotopic (exact) mass is 350 g/mol. The molecule has 4 nitrogen and oxygen atoms in total. The van der Waals surface area contributed by atoms with Gasteiger partial charge < -0.3 is 4.98 Å². The molecule has 1 N–H and O–H groups in total. The third kappa shape index (κ3) is 2.51. The predicted molar refractivity (Wildman–Crippen MR) is 102 cm³/mol. The van der Waals surface area contributed by atoms with E-state index in [0.717, 1.165) is 44.2 Å². The molecule has 0 aliphatic carbocycles. The van der Waals surface area contributed by atoms with Crippen LogP contribution in [0.3, 0.4) is 0 Å². The van der Waals surface area contributed by atoms with Crippen molar-refractivity contribution < 1.29 is 8.42 Å². The quantitative estimate of drug-likeness (QED) is 0.531. The van der Waals surface area contributed by atoms with Crippen molar-refractivity contribution in [2.24, 2.45) is 0 Å². The summed E-state index contributed by atoms with van der Waals surface area (Å²) in [5.41, 5.74) is 7.25. The predicted octanol–water partition coefficient (Wildman–Crippen LogP) is 4.28. The van der Waals surface area contributed by atoms with E-state index in [1.54, 1.807) is 18.2 Å². The number of H-pyrrole nitrogens is 1. The van der Waals surface area contributed by atoms with Crippen LogP contribution < -0.4 is 0 Å². The number of rotatable bonds is 2. The minimum Gasteiger partial charge on any atom is -0.339 e. The number of nitrogens with zero attached hydrogens (tertiary/aromatic N) is 1. The summed E-state index contributed by atoms with van der Waals surface area (Å²) in [6, 6.07) is 11.3. The Labute approximate surface area is 147 Å². The number of nitrogens with one attached hydrogen (secondary N) is 1. The van der Waals surface area contributed by atoms with Gasteiger partial charge in [0.05, 0.1) is 10.4 Å². The standard InChI is InChI=1S/C20H18N2O2S/c1-11-7-17-18-16(14-5-4-6-15(9-14)25(23)24)8-12(2)13(3)19(18)22-20(17)21-10-11/h4-10,25H,1-3H3,(H,21,22). The maximum Gasteiger partial charge on any atom is 0.168 e. The van der Waals surface area contributed by atoms with Gasteiger partial charge in [0.2, 0.25) is 0 Å². The van der Waals surface area contributed by atoms with Crippen LogP contribution in [0.5, 0.6) is 0 Å². The van der Waals surface area contributed by atoms with Crippen LogP contribution in [0.25, 0.3) is 33.1 Å². The summed E-state index contributed by atoms with van der Waals surface area (Å²) in [5.74, 6) is 0. The Hall–Kier alpha value is -2.66. The highest BCUT2D eigenvalue weighted by atomic mass is 32.2. The number of hydrogen-bond acceptors (Lipinski definition) is 3. The SMILES string of the molecule is Cc1cnc2[nH]c3c(C)c(C)cc(-c4cccc([SH](=O)=O)c4)c3c2c1. The summed E-state index contributed by atoms with van der Waals surface area (Å²) in [5, 5.41) is 2.15. The molecule has 0 aliphatic rings. The lowest BCUT2D eigenvalue weighted by Crippen LogP contribution is -1.89. The second-order valence-corrected chi connectivity index (χ2v) is 7.49. The lowest BCUT2D eigenvalue weighted by atomic mass is 9.94. The summed E-state index contributed by atoms with van der Waals surface area (Å²) in [4.78, 5) is 8.28. The van der Waals surface area contributed by atoms with Crippen molar-refractivity contribution in [3.63, 3.8) is 0 Å². The van der Waals surface area contributed by atoms with E-state index in [0.29, 0.717) is 4.90 Å². The first-order valence-corrected chi connectivity index (χ1v) is 9.26. The highest BCUT2D eigenvalue weighted by Gasteiger charge is 2.15. The van der Waals surface area contributed by atoms with E-state index in [1.165, 1.54) is 5.56 Å². The smallest absolute Gasteiger partial charge is 0.168 e. The average molecular weight is 350 g/mol. The molecule has 0 fully saturated rings. The molecule has 0 amide bonds. The first-order chi connectivity index (χ1) is 12.0. The molecule has 0 aliphatic heterocycles. The number of fused-ring (bicyclic) bond motifs is 3. The largest absolute Gasteiger partial charge is 0.339 e. The number of hydrogen-bond donors (Lipinski definition) is 2. The molecule has 4 rings (SSSR count). The van der Waals surface area contributed by atoms with Crippen LogP contribution >= 0.6 is 0 Å². The molecule has 0 unspecified atom stereocenters. The third-order valence-electron chi connectivity index (χ3n) is 4.75. The second-order valence-electron chi connectivity index (χ2n) is 6.46.